The molecule has 1 aliphatic rings. The second-order valence-corrected chi connectivity index (χ2v) is 7.18. The standard InChI is InChI=1S/C21H14ClF2N3O4/c1-10-14(22)4-3-13-12(9-25-19(10)13)8-17-20(29)27(21(30)26-17)31-18(28)7-11-2-5-15(23)16(24)6-11/h2-6,8-9,29H,7H2,1H3,(H,26,30). The smallest absolute Gasteiger partial charge is 0.363 e. The van der Waals surface area contributed by atoms with Crippen molar-refractivity contribution in [2.45, 2.75) is 13.3 Å². The summed E-state index contributed by atoms with van der Waals surface area (Å²) in [6, 6.07) is 6.40. The zero-order valence-corrected chi connectivity index (χ0v) is 16.7. The van der Waals surface area contributed by atoms with Gasteiger partial charge in [0.2, 0.25) is 0 Å². The van der Waals surface area contributed by atoms with Crippen molar-refractivity contribution >= 4 is 41.1 Å². The Kier molecular flexibility index (Phi) is 5.20. The number of aromatic hydroxyl groups is 1. The van der Waals surface area contributed by atoms with E-state index in [1.54, 1.807) is 18.3 Å². The van der Waals surface area contributed by atoms with Gasteiger partial charge in [0.1, 0.15) is 5.69 Å². The molecule has 0 atom stereocenters. The number of benzene rings is 2. The third-order valence-electron chi connectivity index (χ3n) is 4.69. The number of nitrogens with zero attached hydrogens (tertiary/aromatic N) is 2. The van der Waals surface area contributed by atoms with Crippen LogP contribution in [-0.4, -0.2) is 27.0 Å². The summed E-state index contributed by atoms with van der Waals surface area (Å²) in [5, 5.41) is 10.9. The van der Waals surface area contributed by atoms with Gasteiger partial charge in [-0.25, -0.2) is 18.4 Å². The summed E-state index contributed by atoms with van der Waals surface area (Å²) >= 11 is 6.10. The lowest BCUT2D eigenvalue weighted by atomic mass is 10.0. The molecule has 0 spiro atoms. The van der Waals surface area contributed by atoms with E-state index in [9.17, 15) is 23.5 Å². The van der Waals surface area contributed by atoms with Gasteiger partial charge in [0, 0.05) is 22.4 Å². The number of hydrogen-bond acceptors (Lipinski definition) is 5. The molecule has 0 fully saturated rings. The van der Waals surface area contributed by atoms with Crippen LogP contribution in [0.25, 0.3) is 11.6 Å². The second kappa shape index (κ2) is 7.84. The molecule has 0 saturated heterocycles. The van der Waals surface area contributed by atoms with Gasteiger partial charge in [-0.3, -0.25) is 4.99 Å². The topological polar surface area (TPSA) is 96.7 Å². The Bertz CT molecular complexity index is 1340. The van der Waals surface area contributed by atoms with Crippen molar-refractivity contribution in [1.29, 1.82) is 0 Å². The fourth-order valence-corrected chi connectivity index (χ4v) is 3.26. The van der Waals surface area contributed by atoms with Gasteiger partial charge < -0.3 is 14.9 Å². The molecule has 1 aromatic heterocycles. The van der Waals surface area contributed by atoms with Crippen molar-refractivity contribution in [2.24, 2.45) is 4.99 Å². The highest BCUT2D eigenvalue weighted by molar-refractivity contribution is 6.32. The van der Waals surface area contributed by atoms with Gasteiger partial charge in [-0.05, 0) is 42.3 Å². The first kappa shape index (κ1) is 20.5. The maximum absolute atomic E-state index is 13.3. The molecule has 0 amide bonds. The van der Waals surface area contributed by atoms with Crippen LogP contribution in [0.15, 0.2) is 40.1 Å². The van der Waals surface area contributed by atoms with E-state index in [-0.39, 0.29) is 11.3 Å². The lowest BCUT2D eigenvalue weighted by Gasteiger charge is -2.05. The minimum absolute atomic E-state index is 0.00692. The number of hydrogen-bond donors (Lipinski definition) is 2. The van der Waals surface area contributed by atoms with Gasteiger partial charge in [-0.1, -0.05) is 28.5 Å². The Balaban J connectivity index is 1.58. The van der Waals surface area contributed by atoms with Crippen LogP contribution in [0.5, 0.6) is 5.88 Å². The van der Waals surface area contributed by atoms with E-state index >= 15 is 0 Å². The molecule has 0 aliphatic carbocycles. The Hall–Kier alpha value is -3.72. The second-order valence-electron chi connectivity index (χ2n) is 6.78. The van der Waals surface area contributed by atoms with Crippen molar-refractivity contribution in [3.63, 3.8) is 0 Å². The number of allylic oxidation sites excluding steroid dienone is 1. The fourth-order valence-electron chi connectivity index (χ4n) is 3.11. The van der Waals surface area contributed by atoms with E-state index in [0.29, 0.717) is 21.0 Å². The van der Waals surface area contributed by atoms with Crippen LogP contribution in [-0.2, 0) is 11.2 Å². The first-order chi connectivity index (χ1) is 14.7. The molecule has 158 valence electrons. The molecule has 1 aliphatic heterocycles. The lowest BCUT2D eigenvalue weighted by Crippen LogP contribution is -2.29. The van der Waals surface area contributed by atoms with Crippen LogP contribution in [0, 0.1) is 18.6 Å². The molecule has 2 heterocycles. The summed E-state index contributed by atoms with van der Waals surface area (Å²) in [5.74, 6) is -3.76. The Morgan fingerprint density at radius 2 is 2.06 bits per heavy atom. The van der Waals surface area contributed by atoms with Crippen LogP contribution in [0.4, 0.5) is 14.5 Å². The molecule has 0 radical (unpaired) electrons. The van der Waals surface area contributed by atoms with Gasteiger partial charge in [-0.15, -0.1) is 0 Å². The van der Waals surface area contributed by atoms with Crippen LogP contribution in [0.2, 0.25) is 5.02 Å². The number of fused-ring (bicyclic) bond motifs is 1. The van der Waals surface area contributed by atoms with Gasteiger partial charge in [0.05, 0.1) is 12.1 Å². The molecule has 0 saturated carbocycles. The number of imidazole rings is 1. The third kappa shape index (κ3) is 3.87. The fraction of sp³-hybridized carbons (Fsp3) is 0.0952. The predicted octanol–water partition coefficient (Wildman–Crippen LogP) is 3.58. The number of H-pyrrole nitrogens is 1. The van der Waals surface area contributed by atoms with E-state index in [1.807, 2.05) is 6.92 Å². The van der Waals surface area contributed by atoms with E-state index in [1.165, 1.54) is 12.1 Å². The lowest BCUT2D eigenvalue weighted by molar-refractivity contribution is -0.144. The van der Waals surface area contributed by atoms with Gasteiger partial charge in [-0.2, -0.15) is 0 Å². The summed E-state index contributed by atoms with van der Waals surface area (Å²) in [6.07, 6.45) is 2.59. The minimum Gasteiger partial charge on any atom is -0.491 e. The molecule has 4 rings (SSSR count). The van der Waals surface area contributed by atoms with E-state index in [2.05, 4.69) is 9.98 Å². The molecule has 0 unspecified atom stereocenters. The molecule has 31 heavy (non-hydrogen) atoms. The van der Waals surface area contributed by atoms with Crippen molar-refractivity contribution in [3.05, 3.63) is 79.9 Å². The van der Waals surface area contributed by atoms with Crippen molar-refractivity contribution < 1.29 is 23.5 Å². The Labute approximate surface area is 178 Å². The summed E-state index contributed by atoms with van der Waals surface area (Å²) < 4.78 is 26.7. The average molecular weight is 446 g/mol. The van der Waals surface area contributed by atoms with E-state index in [0.717, 1.165) is 23.3 Å². The molecule has 3 aromatic rings. The van der Waals surface area contributed by atoms with Crippen LogP contribution in [0.1, 0.15) is 22.4 Å². The first-order valence-electron chi connectivity index (χ1n) is 8.99. The highest BCUT2D eigenvalue weighted by Crippen LogP contribution is 2.38. The maximum atomic E-state index is 13.3. The molecular weight excluding hydrogens is 432 g/mol. The summed E-state index contributed by atoms with van der Waals surface area (Å²) in [4.78, 5) is 35.8. The van der Waals surface area contributed by atoms with Crippen molar-refractivity contribution in [1.82, 2.24) is 9.71 Å². The highest BCUT2D eigenvalue weighted by atomic mass is 35.5. The number of carbonyl (C=O) groups is 1. The number of aromatic nitrogens is 2. The van der Waals surface area contributed by atoms with Crippen molar-refractivity contribution in [3.8, 4) is 5.88 Å². The molecular formula is C21H14ClF2N3O4. The third-order valence-corrected chi connectivity index (χ3v) is 5.10. The van der Waals surface area contributed by atoms with Gasteiger partial charge in [0.25, 0.3) is 5.88 Å². The molecule has 7 nitrogen and oxygen atoms in total. The molecule has 0 bridgehead atoms. The van der Waals surface area contributed by atoms with E-state index < -0.39 is 35.6 Å². The Morgan fingerprint density at radius 1 is 1.29 bits per heavy atom. The molecule has 2 N–H and O–H groups in total. The van der Waals surface area contributed by atoms with Gasteiger partial charge in [0.15, 0.2) is 11.6 Å². The van der Waals surface area contributed by atoms with Crippen LogP contribution >= 0.6 is 11.6 Å². The number of aliphatic imine (C=N–C) groups is 1. The summed E-state index contributed by atoms with van der Waals surface area (Å²) in [7, 11) is 0. The zero-order valence-electron chi connectivity index (χ0n) is 15.9. The van der Waals surface area contributed by atoms with E-state index in [4.69, 9.17) is 16.4 Å². The molecule has 2 aromatic carbocycles. The number of aromatic amines is 1. The van der Waals surface area contributed by atoms with Crippen LogP contribution in [0.3, 0.4) is 0 Å². The molecule has 10 heteroatoms. The number of halogens is 3. The monoisotopic (exact) mass is 445 g/mol. The highest BCUT2D eigenvalue weighted by Gasteiger charge is 2.20. The van der Waals surface area contributed by atoms with Gasteiger partial charge >= 0.3 is 11.7 Å². The first-order valence-corrected chi connectivity index (χ1v) is 9.36. The predicted molar refractivity (Wildman–Crippen MR) is 111 cm³/mol. The zero-order chi connectivity index (χ0) is 22.3. The Morgan fingerprint density at radius 3 is 2.81 bits per heavy atom. The number of rotatable bonds is 4. The summed E-state index contributed by atoms with van der Waals surface area (Å²) in [6.45, 7) is 1.82. The normalized spacial score (nSPS) is 13.6. The average Bonchev–Trinajstić information content (AvgIpc) is 3.24. The largest absolute Gasteiger partial charge is 0.491 e. The maximum Gasteiger partial charge on any atom is 0.363 e. The minimum atomic E-state index is -1.11. The quantitative estimate of drug-likeness (QED) is 0.641. The van der Waals surface area contributed by atoms with Crippen LogP contribution < -0.4 is 10.5 Å². The van der Waals surface area contributed by atoms with Crippen molar-refractivity contribution in [2.75, 3.05) is 0 Å². The SMILES string of the molecule is Cc1c(Cl)ccc2c1N=CC2=Cc1[nH]c(=O)n(OC(=O)Cc2ccc(F)c(F)c2)c1O. The number of carbonyl (C=O) groups excluding carboxylic acids is 1. The summed E-state index contributed by atoms with van der Waals surface area (Å²) in [5.41, 5.74) is 2.06. The number of nitrogens with one attached hydrogen (secondary N) is 1.